The quantitative estimate of drug-likeness (QED) is 0.638. The first-order chi connectivity index (χ1) is 11.4. The van der Waals surface area contributed by atoms with E-state index in [4.69, 9.17) is 22.1 Å². The van der Waals surface area contributed by atoms with Gasteiger partial charge in [0.2, 0.25) is 0 Å². The summed E-state index contributed by atoms with van der Waals surface area (Å²) in [5, 5.41) is 3.98. The Morgan fingerprint density at radius 2 is 2.08 bits per heavy atom. The number of nitrogens with two attached hydrogens (primary N) is 1. The van der Waals surface area contributed by atoms with Crippen molar-refractivity contribution < 1.29 is 13.9 Å². The molecule has 3 N–H and O–H groups in total. The van der Waals surface area contributed by atoms with Crippen LogP contribution < -0.4 is 15.9 Å². The molecule has 24 heavy (non-hydrogen) atoms. The van der Waals surface area contributed by atoms with Crippen molar-refractivity contribution in [3.63, 3.8) is 0 Å². The number of rotatable bonds is 5. The molecule has 0 radical (unpaired) electrons. The fourth-order valence-corrected chi connectivity index (χ4v) is 2.35. The molecule has 0 heterocycles. The van der Waals surface area contributed by atoms with Gasteiger partial charge in [-0.05, 0) is 60.4 Å². The SMILES string of the molecule is Cc1cc(C)c(COc2ccc(F)cc2Cl)cc1C=NNC(N)=O. The van der Waals surface area contributed by atoms with E-state index >= 15 is 0 Å². The second kappa shape index (κ2) is 7.79. The van der Waals surface area contributed by atoms with E-state index in [1.54, 1.807) is 0 Å². The summed E-state index contributed by atoms with van der Waals surface area (Å²) in [5.41, 5.74) is 10.9. The molecule has 0 aromatic heterocycles. The van der Waals surface area contributed by atoms with E-state index < -0.39 is 11.8 Å². The lowest BCUT2D eigenvalue weighted by Gasteiger charge is -2.12. The Kier molecular flexibility index (Phi) is 5.76. The summed E-state index contributed by atoms with van der Waals surface area (Å²) in [4.78, 5) is 10.6. The lowest BCUT2D eigenvalue weighted by atomic mass is 10.0. The number of benzene rings is 2. The molecule has 0 saturated heterocycles. The minimum Gasteiger partial charge on any atom is -0.487 e. The van der Waals surface area contributed by atoms with Crippen molar-refractivity contribution >= 4 is 23.8 Å². The Morgan fingerprint density at radius 1 is 1.33 bits per heavy atom. The summed E-state index contributed by atoms with van der Waals surface area (Å²) in [5.74, 6) is -0.0111. The van der Waals surface area contributed by atoms with Gasteiger partial charge in [0.25, 0.3) is 0 Å². The minimum atomic E-state index is -0.731. The van der Waals surface area contributed by atoms with Crippen molar-refractivity contribution in [1.82, 2.24) is 5.43 Å². The van der Waals surface area contributed by atoms with Gasteiger partial charge in [-0.25, -0.2) is 14.6 Å². The summed E-state index contributed by atoms with van der Waals surface area (Å²) in [7, 11) is 0. The lowest BCUT2D eigenvalue weighted by Crippen LogP contribution is -2.24. The summed E-state index contributed by atoms with van der Waals surface area (Å²) in [6, 6.07) is 7.12. The smallest absolute Gasteiger partial charge is 0.332 e. The van der Waals surface area contributed by atoms with Gasteiger partial charge in [0.15, 0.2) is 0 Å². The van der Waals surface area contributed by atoms with Gasteiger partial charge in [-0.15, -0.1) is 0 Å². The second-order valence-electron chi connectivity index (χ2n) is 5.23. The van der Waals surface area contributed by atoms with Crippen molar-refractivity contribution in [3.05, 3.63) is 63.4 Å². The van der Waals surface area contributed by atoms with Crippen LogP contribution in [0.25, 0.3) is 0 Å². The van der Waals surface area contributed by atoms with Gasteiger partial charge < -0.3 is 10.5 Å². The summed E-state index contributed by atoms with van der Waals surface area (Å²) in [6.07, 6.45) is 1.51. The number of hydrazone groups is 1. The average Bonchev–Trinajstić information content (AvgIpc) is 2.49. The molecule has 0 fully saturated rings. The number of carbonyl (C=O) groups is 1. The number of nitrogens with one attached hydrogen (secondary N) is 1. The van der Waals surface area contributed by atoms with Crippen LogP contribution in [0.4, 0.5) is 9.18 Å². The molecule has 7 heteroatoms. The molecule has 0 bridgehead atoms. The third-order valence-corrected chi connectivity index (χ3v) is 3.68. The van der Waals surface area contributed by atoms with Crippen molar-refractivity contribution in [1.29, 1.82) is 0 Å². The molecule has 2 aromatic rings. The zero-order chi connectivity index (χ0) is 17.7. The second-order valence-corrected chi connectivity index (χ2v) is 5.64. The minimum absolute atomic E-state index is 0.215. The average molecular weight is 350 g/mol. The third-order valence-electron chi connectivity index (χ3n) is 3.38. The normalized spacial score (nSPS) is 10.8. The van der Waals surface area contributed by atoms with Gasteiger partial charge in [0, 0.05) is 0 Å². The molecule has 0 aliphatic carbocycles. The van der Waals surface area contributed by atoms with Gasteiger partial charge in [-0.2, -0.15) is 5.10 Å². The Labute approximate surface area is 144 Å². The van der Waals surface area contributed by atoms with Crippen LogP contribution in [-0.2, 0) is 6.61 Å². The van der Waals surface area contributed by atoms with E-state index in [9.17, 15) is 9.18 Å². The third kappa shape index (κ3) is 4.70. The maximum absolute atomic E-state index is 13.1. The van der Waals surface area contributed by atoms with E-state index in [2.05, 4.69) is 10.5 Å². The highest BCUT2D eigenvalue weighted by atomic mass is 35.5. The Bertz CT molecular complexity index is 794. The van der Waals surface area contributed by atoms with Gasteiger partial charge >= 0.3 is 6.03 Å². The maximum atomic E-state index is 13.1. The molecule has 2 rings (SSSR count). The number of halogens is 2. The first-order valence-electron chi connectivity index (χ1n) is 7.13. The molecule has 126 valence electrons. The zero-order valence-corrected chi connectivity index (χ0v) is 14.0. The fourth-order valence-electron chi connectivity index (χ4n) is 2.12. The Morgan fingerprint density at radius 3 is 2.75 bits per heavy atom. The van der Waals surface area contributed by atoms with Crippen molar-refractivity contribution in [2.24, 2.45) is 10.8 Å². The number of nitrogens with zero attached hydrogens (tertiary/aromatic N) is 1. The number of hydrogen-bond donors (Lipinski definition) is 2. The predicted molar refractivity (Wildman–Crippen MR) is 92.0 cm³/mol. The molecular formula is C17H17ClFN3O2. The standard InChI is InChI=1S/C17H17ClFN3O2/c1-10-5-11(2)13(6-12(10)8-21-22-17(20)23)9-24-16-4-3-14(19)7-15(16)18/h3-8H,9H2,1-2H3,(H3,20,22,23). The highest BCUT2D eigenvalue weighted by Crippen LogP contribution is 2.26. The molecule has 0 atom stereocenters. The lowest BCUT2D eigenvalue weighted by molar-refractivity contribution is 0.249. The highest BCUT2D eigenvalue weighted by Gasteiger charge is 2.07. The molecule has 0 saturated carbocycles. The van der Waals surface area contributed by atoms with Crippen molar-refractivity contribution in [3.8, 4) is 5.75 Å². The monoisotopic (exact) mass is 349 g/mol. The molecular weight excluding hydrogens is 333 g/mol. The van der Waals surface area contributed by atoms with Gasteiger partial charge in [-0.1, -0.05) is 17.7 Å². The summed E-state index contributed by atoms with van der Waals surface area (Å²) in [6.45, 7) is 4.15. The molecule has 0 aliphatic heterocycles. The van der Waals surface area contributed by atoms with Crippen LogP contribution in [0.3, 0.4) is 0 Å². The van der Waals surface area contributed by atoms with E-state index in [0.29, 0.717) is 5.75 Å². The first kappa shape index (κ1) is 17.7. The molecule has 5 nitrogen and oxygen atoms in total. The van der Waals surface area contributed by atoms with Crippen LogP contribution in [0.5, 0.6) is 5.75 Å². The van der Waals surface area contributed by atoms with E-state index in [1.807, 2.05) is 26.0 Å². The van der Waals surface area contributed by atoms with Gasteiger partial charge in [-0.3, -0.25) is 0 Å². The van der Waals surface area contributed by atoms with Gasteiger partial charge in [0.1, 0.15) is 18.2 Å². The molecule has 0 unspecified atom stereocenters. The van der Waals surface area contributed by atoms with Gasteiger partial charge in [0.05, 0.1) is 11.2 Å². The van der Waals surface area contributed by atoms with Crippen LogP contribution in [-0.4, -0.2) is 12.2 Å². The summed E-state index contributed by atoms with van der Waals surface area (Å²) < 4.78 is 18.7. The maximum Gasteiger partial charge on any atom is 0.332 e. The number of amides is 2. The fraction of sp³-hybridized carbons (Fsp3) is 0.176. The number of hydrogen-bond acceptors (Lipinski definition) is 3. The largest absolute Gasteiger partial charge is 0.487 e. The molecule has 0 spiro atoms. The Hall–Kier alpha value is -2.60. The zero-order valence-electron chi connectivity index (χ0n) is 13.3. The van der Waals surface area contributed by atoms with Crippen LogP contribution >= 0.6 is 11.6 Å². The number of carbonyl (C=O) groups excluding carboxylic acids is 1. The summed E-state index contributed by atoms with van der Waals surface area (Å²) >= 11 is 5.95. The van der Waals surface area contributed by atoms with Crippen molar-refractivity contribution in [2.45, 2.75) is 20.5 Å². The molecule has 2 amide bonds. The number of ether oxygens (including phenoxy) is 1. The van der Waals surface area contributed by atoms with E-state index in [1.165, 1.54) is 24.4 Å². The first-order valence-corrected chi connectivity index (χ1v) is 7.51. The van der Waals surface area contributed by atoms with Crippen LogP contribution in [0, 0.1) is 19.7 Å². The van der Waals surface area contributed by atoms with Crippen LogP contribution in [0.1, 0.15) is 22.3 Å². The van der Waals surface area contributed by atoms with E-state index in [-0.39, 0.29) is 11.6 Å². The van der Waals surface area contributed by atoms with Crippen molar-refractivity contribution in [2.75, 3.05) is 0 Å². The molecule has 2 aromatic carbocycles. The predicted octanol–water partition coefficient (Wildman–Crippen LogP) is 3.68. The highest BCUT2D eigenvalue weighted by molar-refractivity contribution is 6.32. The number of primary amides is 1. The van der Waals surface area contributed by atoms with Crippen LogP contribution in [0.15, 0.2) is 35.4 Å². The van der Waals surface area contributed by atoms with E-state index in [0.717, 1.165) is 22.3 Å². The van der Waals surface area contributed by atoms with Crippen LogP contribution in [0.2, 0.25) is 5.02 Å². The number of aryl methyl sites for hydroxylation is 2. The Balaban J connectivity index is 2.17. The topological polar surface area (TPSA) is 76.7 Å². The number of urea groups is 1. The molecule has 0 aliphatic rings.